The Balaban J connectivity index is 2.15. The van der Waals surface area contributed by atoms with Gasteiger partial charge >= 0.3 is 4.87 Å². The minimum Gasteiger partial charge on any atom is -0.370 e. The molecule has 0 bridgehead atoms. The van der Waals surface area contributed by atoms with Crippen LogP contribution in [0.4, 0.5) is 11.6 Å². The van der Waals surface area contributed by atoms with Crippen molar-refractivity contribution in [2.24, 2.45) is 0 Å². The first-order chi connectivity index (χ1) is 9.58. The van der Waals surface area contributed by atoms with Crippen LogP contribution >= 0.6 is 11.3 Å². The molecule has 0 spiro atoms. The van der Waals surface area contributed by atoms with Crippen molar-refractivity contribution in [3.05, 3.63) is 32.6 Å². The van der Waals surface area contributed by atoms with Crippen LogP contribution in [0, 0.1) is 0 Å². The number of rotatable bonds is 6. The molecule has 0 unspecified atom stereocenters. The Morgan fingerprint density at radius 2 is 2.00 bits per heavy atom. The third kappa shape index (κ3) is 3.80. The Bertz CT molecular complexity index is 619. The third-order valence-corrected chi connectivity index (χ3v) is 3.37. The highest BCUT2D eigenvalue weighted by Gasteiger charge is 2.08. The molecule has 0 saturated heterocycles. The monoisotopic (exact) mass is 293 g/mol. The zero-order valence-corrected chi connectivity index (χ0v) is 12.7. The topological polar surface area (TPSA) is 82.7 Å². The van der Waals surface area contributed by atoms with E-state index >= 15 is 0 Å². The summed E-state index contributed by atoms with van der Waals surface area (Å²) in [5.74, 6) is 2.62. The van der Waals surface area contributed by atoms with Gasteiger partial charge in [-0.25, -0.2) is 9.97 Å². The van der Waals surface area contributed by atoms with E-state index in [9.17, 15) is 4.79 Å². The molecule has 3 N–H and O–H groups in total. The zero-order chi connectivity index (χ0) is 14.5. The molecule has 7 heteroatoms. The summed E-state index contributed by atoms with van der Waals surface area (Å²) in [4.78, 5) is 22.8. The molecule has 0 radical (unpaired) electrons. The first-order valence-corrected chi connectivity index (χ1v) is 7.50. The van der Waals surface area contributed by atoms with Crippen LogP contribution in [0.25, 0.3) is 0 Å². The van der Waals surface area contributed by atoms with Gasteiger partial charge < -0.3 is 15.6 Å². The van der Waals surface area contributed by atoms with E-state index in [-0.39, 0.29) is 10.8 Å². The molecule has 2 aromatic rings. The number of thiazole rings is 1. The van der Waals surface area contributed by atoms with E-state index in [1.165, 1.54) is 0 Å². The number of H-pyrrole nitrogens is 1. The first kappa shape index (κ1) is 14.5. The van der Waals surface area contributed by atoms with Crippen LogP contribution in [0.3, 0.4) is 0 Å². The molecule has 2 heterocycles. The summed E-state index contributed by atoms with van der Waals surface area (Å²) < 4.78 is 0. The normalized spacial score (nSPS) is 10.8. The molecule has 0 saturated carbocycles. The smallest absolute Gasteiger partial charge is 0.304 e. The number of aromatic nitrogens is 3. The lowest BCUT2D eigenvalue weighted by Crippen LogP contribution is -2.09. The Morgan fingerprint density at radius 1 is 1.30 bits per heavy atom. The first-order valence-electron chi connectivity index (χ1n) is 6.62. The SMILES string of the molecule is CCNc1cc(NCc2csc(=O)[nH]2)nc(C(C)C)n1. The quantitative estimate of drug-likeness (QED) is 0.762. The van der Waals surface area contributed by atoms with Crippen molar-refractivity contribution < 1.29 is 0 Å². The third-order valence-electron chi connectivity index (χ3n) is 2.65. The van der Waals surface area contributed by atoms with Gasteiger partial charge in [0.2, 0.25) is 0 Å². The minimum atomic E-state index is -0.0410. The summed E-state index contributed by atoms with van der Waals surface area (Å²) in [5, 5.41) is 8.22. The van der Waals surface area contributed by atoms with Gasteiger partial charge in [-0.15, -0.1) is 0 Å². The molecule has 2 rings (SSSR count). The van der Waals surface area contributed by atoms with Crippen LogP contribution < -0.4 is 15.5 Å². The largest absolute Gasteiger partial charge is 0.370 e. The van der Waals surface area contributed by atoms with Crippen molar-refractivity contribution in [1.82, 2.24) is 15.0 Å². The average molecular weight is 293 g/mol. The fourth-order valence-electron chi connectivity index (χ4n) is 1.67. The average Bonchev–Trinajstić information content (AvgIpc) is 2.82. The van der Waals surface area contributed by atoms with Gasteiger partial charge in [0.15, 0.2) is 0 Å². The summed E-state index contributed by atoms with van der Waals surface area (Å²) >= 11 is 1.16. The molecule has 0 aliphatic heterocycles. The molecule has 2 aromatic heterocycles. The molecule has 0 aliphatic carbocycles. The minimum absolute atomic E-state index is 0.0410. The molecule has 0 aliphatic rings. The van der Waals surface area contributed by atoms with Crippen LogP contribution in [-0.2, 0) is 6.54 Å². The maximum Gasteiger partial charge on any atom is 0.304 e. The van der Waals surface area contributed by atoms with E-state index in [2.05, 4.69) is 39.4 Å². The Kier molecular flexibility index (Phi) is 4.73. The molecule has 6 nitrogen and oxygen atoms in total. The van der Waals surface area contributed by atoms with E-state index < -0.39 is 0 Å². The number of aromatic amines is 1. The fourth-order valence-corrected chi connectivity index (χ4v) is 2.25. The Morgan fingerprint density at radius 3 is 2.55 bits per heavy atom. The molecular weight excluding hydrogens is 274 g/mol. The van der Waals surface area contributed by atoms with Crippen molar-refractivity contribution >= 4 is 23.0 Å². The summed E-state index contributed by atoms with van der Waals surface area (Å²) in [6, 6.07) is 1.87. The van der Waals surface area contributed by atoms with Crippen molar-refractivity contribution in [3.8, 4) is 0 Å². The highest BCUT2D eigenvalue weighted by atomic mass is 32.1. The Hall–Kier alpha value is -1.89. The van der Waals surface area contributed by atoms with E-state index in [1.54, 1.807) is 0 Å². The van der Waals surface area contributed by atoms with Crippen LogP contribution in [-0.4, -0.2) is 21.5 Å². The lowest BCUT2D eigenvalue weighted by atomic mass is 10.2. The van der Waals surface area contributed by atoms with Crippen molar-refractivity contribution in [3.63, 3.8) is 0 Å². The zero-order valence-electron chi connectivity index (χ0n) is 11.9. The second-order valence-corrected chi connectivity index (χ2v) is 5.55. The van der Waals surface area contributed by atoms with E-state index in [0.29, 0.717) is 6.54 Å². The van der Waals surface area contributed by atoms with Crippen molar-refractivity contribution in [2.75, 3.05) is 17.2 Å². The van der Waals surface area contributed by atoms with Gasteiger partial charge in [-0.05, 0) is 6.92 Å². The second kappa shape index (κ2) is 6.51. The van der Waals surface area contributed by atoms with E-state index in [4.69, 9.17) is 0 Å². The van der Waals surface area contributed by atoms with Gasteiger partial charge in [0.25, 0.3) is 0 Å². The highest BCUT2D eigenvalue weighted by molar-refractivity contribution is 7.07. The van der Waals surface area contributed by atoms with Crippen LogP contribution in [0.15, 0.2) is 16.2 Å². The number of nitrogens with zero attached hydrogens (tertiary/aromatic N) is 2. The maximum atomic E-state index is 11.1. The molecule has 20 heavy (non-hydrogen) atoms. The van der Waals surface area contributed by atoms with E-state index in [1.807, 2.05) is 18.4 Å². The molecular formula is C13H19N5OS. The van der Waals surface area contributed by atoms with Crippen LogP contribution in [0.2, 0.25) is 0 Å². The number of nitrogens with one attached hydrogen (secondary N) is 3. The van der Waals surface area contributed by atoms with Gasteiger partial charge in [-0.3, -0.25) is 4.79 Å². The standard InChI is InChI=1S/C13H19N5OS/c1-4-14-10-5-11(18-12(17-10)8(2)3)15-6-9-7-20-13(19)16-9/h5,7-8H,4,6H2,1-3H3,(H,16,19)(H2,14,15,17,18). The molecule has 0 fully saturated rings. The fraction of sp³-hybridized carbons (Fsp3) is 0.462. The molecule has 0 amide bonds. The number of hydrogen-bond donors (Lipinski definition) is 3. The lowest BCUT2D eigenvalue weighted by molar-refractivity contribution is 0.774. The Labute approximate surface area is 121 Å². The predicted octanol–water partition coefficient (Wildman–Crippen LogP) is 2.39. The van der Waals surface area contributed by atoms with Crippen LogP contribution in [0.5, 0.6) is 0 Å². The van der Waals surface area contributed by atoms with E-state index in [0.717, 1.165) is 41.0 Å². The molecule has 0 atom stereocenters. The van der Waals surface area contributed by atoms with Gasteiger partial charge in [0.1, 0.15) is 17.5 Å². The van der Waals surface area contributed by atoms with Crippen LogP contribution in [0.1, 0.15) is 38.2 Å². The van der Waals surface area contributed by atoms with Gasteiger partial charge in [0.05, 0.1) is 6.54 Å². The highest BCUT2D eigenvalue weighted by Crippen LogP contribution is 2.17. The molecule has 108 valence electrons. The van der Waals surface area contributed by atoms with Gasteiger partial charge in [-0.2, -0.15) is 0 Å². The summed E-state index contributed by atoms with van der Waals surface area (Å²) in [5.41, 5.74) is 0.856. The summed E-state index contributed by atoms with van der Waals surface area (Å²) in [7, 11) is 0. The van der Waals surface area contributed by atoms with Gasteiger partial charge in [0, 0.05) is 29.6 Å². The number of anilines is 2. The molecule has 0 aromatic carbocycles. The number of hydrogen-bond acceptors (Lipinski definition) is 6. The second-order valence-electron chi connectivity index (χ2n) is 4.71. The van der Waals surface area contributed by atoms with Crippen molar-refractivity contribution in [1.29, 1.82) is 0 Å². The summed E-state index contributed by atoms with van der Waals surface area (Å²) in [6.45, 7) is 7.50. The predicted molar refractivity (Wildman–Crippen MR) is 82.6 cm³/mol. The lowest BCUT2D eigenvalue weighted by Gasteiger charge is -2.11. The maximum absolute atomic E-state index is 11.1. The summed E-state index contributed by atoms with van der Waals surface area (Å²) in [6.07, 6.45) is 0. The van der Waals surface area contributed by atoms with Gasteiger partial charge in [-0.1, -0.05) is 25.2 Å². The van der Waals surface area contributed by atoms with Crippen molar-refractivity contribution in [2.45, 2.75) is 33.2 Å².